The Hall–Kier alpha value is -1.33. The molecule has 2 aromatic rings. The van der Waals surface area contributed by atoms with Crippen molar-refractivity contribution in [2.24, 2.45) is 0 Å². The highest BCUT2D eigenvalue weighted by Crippen LogP contribution is 2.28. The van der Waals surface area contributed by atoms with Crippen molar-refractivity contribution in [1.82, 2.24) is 4.90 Å². The average molecular weight is 425 g/mol. The molecule has 5 heteroatoms. The summed E-state index contributed by atoms with van der Waals surface area (Å²) in [5.74, 6) is 0.693. The van der Waals surface area contributed by atoms with Gasteiger partial charge in [0.15, 0.2) is 6.61 Å². The fourth-order valence-corrected chi connectivity index (χ4v) is 3.69. The first kappa shape index (κ1) is 15.6. The summed E-state index contributed by atoms with van der Waals surface area (Å²) in [5.41, 5.74) is 2.56. The van der Waals surface area contributed by atoms with Gasteiger partial charge in [0.25, 0.3) is 5.91 Å². The van der Waals surface area contributed by atoms with Crippen LogP contribution >= 0.6 is 31.9 Å². The minimum Gasteiger partial charge on any atom is -0.483 e. The summed E-state index contributed by atoms with van der Waals surface area (Å²) in [6, 6.07) is 13.9. The zero-order chi connectivity index (χ0) is 15.5. The predicted octanol–water partition coefficient (Wildman–Crippen LogP) is 4.18. The first-order valence-electron chi connectivity index (χ1n) is 7.06. The van der Waals surface area contributed by atoms with Crippen LogP contribution in [-0.4, -0.2) is 24.0 Å². The van der Waals surface area contributed by atoms with Crippen molar-refractivity contribution >= 4 is 37.8 Å². The summed E-state index contributed by atoms with van der Waals surface area (Å²) >= 11 is 6.83. The maximum Gasteiger partial charge on any atom is 0.260 e. The second-order valence-electron chi connectivity index (χ2n) is 5.20. The number of ether oxygens (including phenoxy) is 1. The van der Waals surface area contributed by atoms with Crippen LogP contribution in [0.25, 0.3) is 0 Å². The summed E-state index contributed by atoms with van der Waals surface area (Å²) in [7, 11) is 0. The van der Waals surface area contributed by atoms with Gasteiger partial charge in [-0.05, 0) is 51.7 Å². The van der Waals surface area contributed by atoms with Gasteiger partial charge in [-0.2, -0.15) is 0 Å². The van der Waals surface area contributed by atoms with E-state index in [1.807, 2.05) is 35.2 Å². The molecule has 0 atom stereocenters. The molecule has 3 rings (SSSR count). The van der Waals surface area contributed by atoms with Crippen LogP contribution in [0.5, 0.6) is 5.75 Å². The van der Waals surface area contributed by atoms with Crippen LogP contribution < -0.4 is 4.74 Å². The Bertz CT molecular complexity index is 703. The van der Waals surface area contributed by atoms with E-state index in [1.165, 1.54) is 11.1 Å². The Labute approximate surface area is 146 Å². The molecule has 0 saturated heterocycles. The lowest BCUT2D eigenvalue weighted by atomic mass is 10.00. The first-order chi connectivity index (χ1) is 10.6. The van der Waals surface area contributed by atoms with Crippen LogP contribution in [0.15, 0.2) is 51.4 Å². The van der Waals surface area contributed by atoms with E-state index in [1.54, 1.807) is 0 Å². The minimum absolute atomic E-state index is 0.0179. The SMILES string of the molecule is O=C(COc1ccc(Br)cc1Br)N1CCc2ccccc2C1. The number of carbonyl (C=O) groups excluding carboxylic acids is 1. The Morgan fingerprint density at radius 3 is 2.68 bits per heavy atom. The van der Waals surface area contributed by atoms with E-state index in [0.717, 1.165) is 21.9 Å². The maximum absolute atomic E-state index is 12.3. The number of rotatable bonds is 3. The van der Waals surface area contributed by atoms with Gasteiger partial charge in [0.2, 0.25) is 0 Å². The number of nitrogens with zero attached hydrogens (tertiary/aromatic N) is 1. The van der Waals surface area contributed by atoms with Gasteiger partial charge in [0.05, 0.1) is 4.47 Å². The lowest BCUT2D eigenvalue weighted by Gasteiger charge is -2.28. The highest BCUT2D eigenvalue weighted by Gasteiger charge is 2.20. The molecule has 0 radical (unpaired) electrons. The van der Waals surface area contributed by atoms with Crippen molar-refractivity contribution in [1.29, 1.82) is 0 Å². The van der Waals surface area contributed by atoms with E-state index in [9.17, 15) is 4.79 Å². The third-order valence-electron chi connectivity index (χ3n) is 3.73. The molecule has 0 aromatic heterocycles. The van der Waals surface area contributed by atoms with E-state index in [0.29, 0.717) is 12.3 Å². The molecule has 0 bridgehead atoms. The average Bonchev–Trinajstić information content (AvgIpc) is 2.53. The van der Waals surface area contributed by atoms with Gasteiger partial charge in [-0.3, -0.25) is 4.79 Å². The number of halogens is 2. The third-order valence-corrected chi connectivity index (χ3v) is 4.84. The molecule has 1 aliphatic heterocycles. The quantitative estimate of drug-likeness (QED) is 0.739. The summed E-state index contributed by atoms with van der Waals surface area (Å²) in [4.78, 5) is 14.2. The summed E-state index contributed by atoms with van der Waals surface area (Å²) in [6.07, 6.45) is 0.907. The molecule has 1 aliphatic rings. The molecule has 0 N–H and O–H groups in total. The van der Waals surface area contributed by atoms with Crippen molar-refractivity contribution < 1.29 is 9.53 Å². The Morgan fingerprint density at radius 2 is 1.91 bits per heavy atom. The second kappa shape index (κ2) is 6.84. The molecule has 22 heavy (non-hydrogen) atoms. The second-order valence-corrected chi connectivity index (χ2v) is 6.97. The molecule has 0 fully saturated rings. The molecule has 114 valence electrons. The van der Waals surface area contributed by atoms with Crippen LogP contribution in [0.2, 0.25) is 0 Å². The van der Waals surface area contributed by atoms with Crippen LogP contribution in [0, 0.1) is 0 Å². The standard InChI is InChI=1S/C17H15Br2NO2/c18-14-5-6-16(15(19)9-14)22-11-17(21)20-8-7-12-3-1-2-4-13(12)10-20/h1-6,9H,7-8,10-11H2. The third kappa shape index (κ3) is 3.52. The molecule has 0 saturated carbocycles. The van der Waals surface area contributed by atoms with Crippen LogP contribution in [0.4, 0.5) is 0 Å². The highest BCUT2D eigenvalue weighted by molar-refractivity contribution is 9.11. The van der Waals surface area contributed by atoms with Gasteiger partial charge in [0, 0.05) is 17.6 Å². The number of benzene rings is 2. The zero-order valence-corrected chi connectivity index (χ0v) is 15.1. The van der Waals surface area contributed by atoms with Crippen LogP contribution in [0.3, 0.4) is 0 Å². The van der Waals surface area contributed by atoms with Crippen molar-refractivity contribution in [2.75, 3.05) is 13.2 Å². The van der Waals surface area contributed by atoms with Crippen LogP contribution in [0.1, 0.15) is 11.1 Å². The van der Waals surface area contributed by atoms with E-state index < -0.39 is 0 Å². The molecular weight excluding hydrogens is 410 g/mol. The lowest BCUT2D eigenvalue weighted by Crippen LogP contribution is -2.38. The fourth-order valence-electron chi connectivity index (χ4n) is 2.53. The molecule has 1 heterocycles. The van der Waals surface area contributed by atoms with Gasteiger partial charge in [-0.15, -0.1) is 0 Å². The molecule has 0 aliphatic carbocycles. The van der Waals surface area contributed by atoms with E-state index in [4.69, 9.17) is 4.74 Å². The van der Waals surface area contributed by atoms with Crippen molar-refractivity contribution in [3.63, 3.8) is 0 Å². The van der Waals surface area contributed by atoms with Gasteiger partial charge in [0.1, 0.15) is 5.75 Å². The van der Waals surface area contributed by atoms with Gasteiger partial charge < -0.3 is 9.64 Å². The van der Waals surface area contributed by atoms with E-state index in [2.05, 4.69) is 44.0 Å². The fraction of sp³-hybridized carbons (Fsp3) is 0.235. The smallest absolute Gasteiger partial charge is 0.260 e. The molecule has 0 unspecified atom stereocenters. The Balaban J connectivity index is 1.61. The van der Waals surface area contributed by atoms with Crippen molar-refractivity contribution in [2.45, 2.75) is 13.0 Å². The van der Waals surface area contributed by atoms with Crippen molar-refractivity contribution in [3.8, 4) is 5.75 Å². The van der Waals surface area contributed by atoms with Gasteiger partial charge >= 0.3 is 0 Å². The maximum atomic E-state index is 12.3. The van der Waals surface area contributed by atoms with Gasteiger partial charge in [-0.25, -0.2) is 0 Å². The minimum atomic E-state index is 0.0179. The molecule has 1 amide bonds. The normalized spacial score (nSPS) is 13.6. The van der Waals surface area contributed by atoms with Crippen LogP contribution in [-0.2, 0) is 17.8 Å². The zero-order valence-electron chi connectivity index (χ0n) is 11.9. The highest BCUT2D eigenvalue weighted by atomic mass is 79.9. The topological polar surface area (TPSA) is 29.5 Å². The summed E-state index contributed by atoms with van der Waals surface area (Å²) in [6.45, 7) is 1.48. The molecule has 2 aromatic carbocycles. The van der Waals surface area contributed by atoms with E-state index in [-0.39, 0.29) is 12.5 Å². The number of amides is 1. The Morgan fingerprint density at radius 1 is 1.14 bits per heavy atom. The van der Waals surface area contributed by atoms with Crippen molar-refractivity contribution in [3.05, 3.63) is 62.5 Å². The molecular formula is C17H15Br2NO2. The number of fused-ring (bicyclic) bond motifs is 1. The monoisotopic (exact) mass is 423 g/mol. The number of carbonyl (C=O) groups is 1. The number of hydrogen-bond donors (Lipinski definition) is 0. The molecule has 0 spiro atoms. The Kier molecular flexibility index (Phi) is 4.84. The predicted molar refractivity (Wildman–Crippen MR) is 92.9 cm³/mol. The summed E-state index contributed by atoms with van der Waals surface area (Å²) in [5, 5.41) is 0. The number of hydrogen-bond acceptors (Lipinski definition) is 2. The molecule has 3 nitrogen and oxygen atoms in total. The largest absolute Gasteiger partial charge is 0.483 e. The summed E-state index contributed by atoms with van der Waals surface area (Å²) < 4.78 is 7.43. The van der Waals surface area contributed by atoms with Gasteiger partial charge in [-0.1, -0.05) is 40.2 Å². The first-order valence-corrected chi connectivity index (χ1v) is 8.64. The van der Waals surface area contributed by atoms with E-state index >= 15 is 0 Å². The lowest BCUT2D eigenvalue weighted by molar-refractivity contribution is -0.134.